The van der Waals surface area contributed by atoms with E-state index in [1.54, 1.807) is 12.1 Å². The molecular weight excluding hydrogens is 466 g/mol. The third-order valence-electron chi connectivity index (χ3n) is 6.57. The zero-order chi connectivity index (χ0) is 25.2. The molecule has 0 radical (unpaired) electrons. The number of benzene rings is 2. The van der Waals surface area contributed by atoms with Crippen LogP contribution in [0.15, 0.2) is 42.5 Å². The van der Waals surface area contributed by atoms with Crippen LogP contribution in [0.2, 0.25) is 0 Å². The van der Waals surface area contributed by atoms with Crippen LogP contribution in [0.1, 0.15) is 45.8 Å². The summed E-state index contributed by atoms with van der Waals surface area (Å²) in [4.78, 5) is 29.1. The molecule has 2 aliphatic rings. The van der Waals surface area contributed by atoms with Gasteiger partial charge in [0.2, 0.25) is 10.0 Å². The highest BCUT2D eigenvalue weighted by molar-refractivity contribution is 7.88. The fraction of sp³-hybridized carbons (Fsp3) is 0.400. The van der Waals surface area contributed by atoms with Gasteiger partial charge >= 0.3 is 6.03 Å². The van der Waals surface area contributed by atoms with E-state index in [1.807, 2.05) is 42.2 Å². The molecule has 0 bridgehead atoms. The molecule has 0 aromatic heterocycles. The van der Waals surface area contributed by atoms with Gasteiger partial charge in [-0.3, -0.25) is 4.79 Å². The van der Waals surface area contributed by atoms with Crippen molar-refractivity contribution < 1.29 is 18.0 Å². The van der Waals surface area contributed by atoms with E-state index in [-0.39, 0.29) is 18.0 Å². The van der Waals surface area contributed by atoms with Gasteiger partial charge in [0.25, 0.3) is 5.91 Å². The Labute approximate surface area is 205 Å². The summed E-state index contributed by atoms with van der Waals surface area (Å²) in [7, 11) is -3.31. The topological polar surface area (TPSA) is 123 Å². The van der Waals surface area contributed by atoms with Gasteiger partial charge in [-0.15, -0.1) is 0 Å². The Morgan fingerprint density at radius 1 is 1.03 bits per heavy atom. The van der Waals surface area contributed by atoms with Crippen molar-refractivity contribution in [3.05, 3.63) is 64.7 Å². The zero-order valence-corrected chi connectivity index (χ0v) is 20.6. The lowest BCUT2D eigenvalue weighted by atomic mass is 9.89. The number of rotatable bonds is 5. The molecule has 3 amide bonds. The highest BCUT2D eigenvalue weighted by atomic mass is 32.2. The average Bonchev–Trinajstić information content (AvgIpc) is 2.81. The maximum Gasteiger partial charge on any atom is 0.321 e. The Morgan fingerprint density at radius 2 is 1.69 bits per heavy atom. The van der Waals surface area contributed by atoms with Gasteiger partial charge in [-0.05, 0) is 61.1 Å². The molecule has 2 saturated heterocycles. The number of nitriles is 1. The summed E-state index contributed by atoms with van der Waals surface area (Å²) >= 11 is 0. The van der Waals surface area contributed by atoms with E-state index in [2.05, 4.69) is 16.1 Å². The van der Waals surface area contributed by atoms with E-state index in [1.165, 1.54) is 10.5 Å². The first-order chi connectivity index (χ1) is 16.6. The Balaban J connectivity index is 1.34. The monoisotopic (exact) mass is 495 g/mol. The van der Waals surface area contributed by atoms with Gasteiger partial charge < -0.3 is 15.1 Å². The number of amides is 3. The van der Waals surface area contributed by atoms with Crippen molar-refractivity contribution >= 4 is 27.6 Å². The van der Waals surface area contributed by atoms with E-state index >= 15 is 0 Å². The molecule has 2 aromatic rings. The number of carbonyl (C=O) groups is 2. The Morgan fingerprint density at radius 3 is 2.29 bits per heavy atom. The first kappa shape index (κ1) is 24.7. The van der Waals surface area contributed by atoms with E-state index < -0.39 is 10.0 Å². The fourth-order valence-electron chi connectivity index (χ4n) is 4.53. The third-order valence-corrected chi connectivity index (χ3v) is 7.33. The number of likely N-dealkylation sites (tertiary alicyclic amines) is 2. The number of aryl methyl sites for hydroxylation is 1. The predicted molar refractivity (Wildman–Crippen MR) is 133 cm³/mol. The van der Waals surface area contributed by atoms with Crippen LogP contribution in [0.25, 0.3) is 0 Å². The van der Waals surface area contributed by atoms with Gasteiger partial charge in [0.05, 0.1) is 23.9 Å². The molecule has 0 saturated carbocycles. The van der Waals surface area contributed by atoms with E-state index in [9.17, 15) is 18.0 Å². The van der Waals surface area contributed by atoms with Gasteiger partial charge in [-0.1, -0.05) is 18.2 Å². The number of hydrogen-bond acceptors (Lipinski definition) is 5. The average molecular weight is 496 g/mol. The zero-order valence-electron chi connectivity index (χ0n) is 19.8. The minimum atomic E-state index is -3.31. The summed E-state index contributed by atoms with van der Waals surface area (Å²) in [6, 6.07) is 14.5. The molecule has 35 heavy (non-hydrogen) atoms. The fourth-order valence-corrected chi connectivity index (χ4v) is 5.29. The van der Waals surface area contributed by atoms with Crippen molar-refractivity contribution in [2.45, 2.75) is 31.7 Å². The lowest BCUT2D eigenvalue weighted by Crippen LogP contribution is -2.61. The molecule has 2 aliphatic heterocycles. The summed E-state index contributed by atoms with van der Waals surface area (Å²) in [5, 5.41) is 11.8. The Bertz CT molecular complexity index is 1260. The summed E-state index contributed by atoms with van der Waals surface area (Å²) in [5.74, 6) is 0.289. The number of anilines is 1. The maximum atomic E-state index is 13.2. The summed E-state index contributed by atoms with van der Waals surface area (Å²) in [6.07, 6.45) is 2.80. The molecule has 0 spiro atoms. The Hall–Kier alpha value is -3.42. The molecule has 0 atom stereocenters. The number of carbonyl (C=O) groups excluding carboxylic acids is 2. The van der Waals surface area contributed by atoms with Gasteiger partial charge in [0.1, 0.15) is 0 Å². The molecule has 2 N–H and O–H groups in total. The highest BCUT2D eigenvalue weighted by Crippen LogP contribution is 2.29. The number of piperidine rings is 1. The molecule has 0 aliphatic carbocycles. The Kier molecular flexibility index (Phi) is 7.10. The van der Waals surface area contributed by atoms with Crippen LogP contribution in [0.4, 0.5) is 10.5 Å². The van der Waals surface area contributed by atoms with E-state index in [4.69, 9.17) is 5.26 Å². The molecule has 184 valence electrons. The first-order valence-electron chi connectivity index (χ1n) is 11.6. The van der Waals surface area contributed by atoms with Gasteiger partial charge in [0, 0.05) is 37.4 Å². The summed E-state index contributed by atoms with van der Waals surface area (Å²) in [6.45, 7) is 3.73. The van der Waals surface area contributed by atoms with Crippen molar-refractivity contribution in [1.82, 2.24) is 14.5 Å². The molecule has 2 aromatic carbocycles. The van der Waals surface area contributed by atoms with Crippen molar-refractivity contribution in [2.24, 2.45) is 0 Å². The SMILES string of the molecule is Cc1ccc(C(=O)N2CCC(c3ccc(C#N)cc3)CC2)cc1NC(=O)N1CC(NS(C)(=O)=O)C1. The first-order valence-corrected chi connectivity index (χ1v) is 13.5. The lowest BCUT2D eigenvalue weighted by Gasteiger charge is -2.39. The lowest BCUT2D eigenvalue weighted by molar-refractivity contribution is 0.0713. The van der Waals surface area contributed by atoms with Gasteiger partial charge in [0.15, 0.2) is 0 Å². The van der Waals surface area contributed by atoms with Crippen LogP contribution in [0.3, 0.4) is 0 Å². The maximum absolute atomic E-state index is 13.2. The number of sulfonamides is 1. The summed E-state index contributed by atoms with van der Waals surface area (Å²) < 4.78 is 25.1. The van der Waals surface area contributed by atoms with Crippen LogP contribution in [0, 0.1) is 18.3 Å². The van der Waals surface area contributed by atoms with Crippen molar-refractivity contribution in [2.75, 3.05) is 37.8 Å². The normalized spacial score (nSPS) is 16.9. The molecule has 0 unspecified atom stereocenters. The van der Waals surface area contributed by atoms with Crippen LogP contribution in [-0.2, 0) is 10.0 Å². The molecule has 10 heteroatoms. The van der Waals surface area contributed by atoms with Crippen LogP contribution in [-0.4, -0.2) is 68.6 Å². The predicted octanol–water partition coefficient (Wildman–Crippen LogP) is 2.65. The number of nitrogens with one attached hydrogen (secondary N) is 2. The van der Waals surface area contributed by atoms with E-state index in [0.29, 0.717) is 48.9 Å². The molecule has 9 nitrogen and oxygen atoms in total. The van der Waals surface area contributed by atoms with Crippen molar-refractivity contribution in [3.63, 3.8) is 0 Å². The largest absolute Gasteiger partial charge is 0.339 e. The number of urea groups is 1. The van der Waals surface area contributed by atoms with Gasteiger partial charge in [-0.2, -0.15) is 5.26 Å². The minimum absolute atomic E-state index is 0.0693. The van der Waals surface area contributed by atoms with Crippen LogP contribution >= 0.6 is 0 Å². The van der Waals surface area contributed by atoms with Crippen LogP contribution < -0.4 is 10.0 Å². The standard InChI is InChI=1S/C25H29N5O4S/c1-17-3-6-21(13-23(17)27-25(32)30-15-22(16-30)28-35(2,33)34)24(31)29-11-9-20(10-12-29)19-7-4-18(14-26)5-8-19/h3-8,13,20,22,28H,9-12,15-16H2,1-2H3,(H,27,32). The molecule has 2 fully saturated rings. The smallest absolute Gasteiger partial charge is 0.321 e. The minimum Gasteiger partial charge on any atom is -0.339 e. The van der Waals surface area contributed by atoms with Gasteiger partial charge in [-0.25, -0.2) is 17.9 Å². The third kappa shape index (κ3) is 5.99. The highest BCUT2D eigenvalue weighted by Gasteiger charge is 2.33. The molecular formula is C25H29N5O4S. The molecule has 2 heterocycles. The summed E-state index contributed by atoms with van der Waals surface area (Å²) in [5.41, 5.74) is 3.75. The second-order valence-electron chi connectivity index (χ2n) is 9.25. The quantitative estimate of drug-likeness (QED) is 0.660. The second kappa shape index (κ2) is 10.1. The number of hydrogen-bond donors (Lipinski definition) is 2. The van der Waals surface area contributed by atoms with Crippen molar-refractivity contribution in [1.29, 1.82) is 5.26 Å². The van der Waals surface area contributed by atoms with Crippen LogP contribution in [0.5, 0.6) is 0 Å². The van der Waals surface area contributed by atoms with Crippen molar-refractivity contribution in [3.8, 4) is 6.07 Å². The molecule has 4 rings (SSSR count). The number of nitrogens with zero attached hydrogens (tertiary/aromatic N) is 3. The van der Waals surface area contributed by atoms with E-state index in [0.717, 1.165) is 24.7 Å². The second-order valence-corrected chi connectivity index (χ2v) is 11.0.